The number of hydrogen-bond donors (Lipinski definition) is 1. The van der Waals surface area contributed by atoms with Crippen LogP contribution in [0.15, 0.2) is 9.21 Å². The number of hydrogen-bond acceptors (Lipinski definition) is 3. The molecule has 1 fully saturated rings. The number of alkyl halides is 2. The van der Waals surface area contributed by atoms with E-state index in [1.807, 2.05) is 0 Å². The predicted molar refractivity (Wildman–Crippen MR) is 38.7 cm³/mol. The molecule has 0 saturated heterocycles. The summed E-state index contributed by atoms with van der Waals surface area (Å²) in [6.45, 7) is 0. The number of nitrogens with one attached hydrogen (secondary N) is 1. The van der Waals surface area contributed by atoms with Crippen molar-refractivity contribution in [2.24, 2.45) is 0 Å². The van der Waals surface area contributed by atoms with Crippen LogP contribution in [0.5, 0.6) is 0 Å². The second-order valence-corrected chi connectivity index (χ2v) is 3.25. The van der Waals surface area contributed by atoms with E-state index in [-0.39, 0.29) is 18.7 Å². The minimum Gasteiger partial charge on any atom is -0.392 e. The largest absolute Gasteiger partial charge is 0.434 e. The first-order chi connectivity index (χ1) is 6.07. The van der Waals surface area contributed by atoms with Crippen LogP contribution in [0.1, 0.15) is 31.1 Å². The molecule has 0 aromatic carbocycles. The Morgan fingerprint density at radius 2 is 2.38 bits per heavy atom. The van der Waals surface area contributed by atoms with Crippen molar-refractivity contribution >= 4 is 0 Å². The third-order valence-corrected chi connectivity index (χ3v) is 2.21. The highest BCUT2D eigenvalue weighted by atomic mass is 19.3. The second-order valence-electron chi connectivity index (χ2n) is 3.25. The number of aromatic nitrogens is 2. The van der Waals surface area contributed by atoms with Gasteiger partial charge in [0.25, 0.3) is 0 Å². The molecule has 0 bridgehead atoms. The molecular weight excluding hydrogens is 182 g/mol. The van der Waals surface area contributed by atoms with Gasteiger partial charge in [-0.2, -0.15) is 0 Å². The summed E-state index contributed by atoms with van der Waals surface area (Å²) in [5.41, 5.74) is 0. The lowest BCUT2D eigenvalue weighted by atomic mass is 10.1. The number of H-pyrrole nitrogens is 1. The molecule has 0 aliphatic heterocycles. The summed E-state index contributed by atoms with van der Waals surface area (Å²) >= 11 is 0. The van der Waals surface area contributed by atoms with Gasteiger partial charge in [-0.05, 0) is 6.42 Å². The molecule has 1 N–H and O–H groups in total. The molecule has 1 saturated carbocycles. The van der Waals surface area contributed by atoms with Crippen LogP contribution in [0.2, 0.25) is 0 Å². The Morgan fingerprint density at radius 1 is 1.62 bits per heavy atom. The van der Waals surface area contributed by atoms with Gasteiger partial charge in [0.15, 0.2) is 0 Å². The van der Waals surface area contributed by atoms with E-state index in [0.29, 0.717) is 6.42 Å². The molecule has 0 radical (unpaired) electrons. The fourth-order valence-corrected chi connectivity index (χ4v) is 1.58. The SMILES string of the molecule is O=c1[nH]nc(C2CCC(F)(F)C2)o1. The van der Waals surface area contributed by atoms with E-state index in [0.717, 1.165) is 0 Å². The van der Waals surface area contributed by atoms with Crippen LogP contribution in [-0.2, 0) is 0 Å². The van der Waals surface area contributed by atoms with E-state index in [9.17, 15) is 13.6 Å². The molecule has 0 spiro atoms. The van der Waals surface area contributed by atoms with Crippen LogP contribution in [0, 0.1) is 0 Å². The Labute approximate surface area is 71.9 Å². The fourth-order valence-electron chi connectivity index (χ4n) is 1.58. The first kappa shape index (κ1) is 8.40. The molecule has 1 aliphatic rings. The van der Waals surface area contributed by atoms with Gasteiger partial charge in [0, 0.05) is 18.8 Å². The maximum absolute atomic E-state index is 12.7. The minimum absolute atomic E-state index is 0.0992. The summed E-state index contributed by atoms with van der Waals surface area (Å²) in [4.78, 5) is 10.5. The van der Waals surface area contributed by atoms with Crippen LogP contribution >= 0.6 is 0 Å². The molecule has 1 atom stereocenters. The molecule has 13 heavy (non-hydrogen) atoms. The van der Waals surface area contributed by atoms with Crippen molar-refractivity contribution in [3.8, 4) is 0 Å². The Morgan fingerprint density at radius 3 is 2.85 bits per heavy atom. The topological polar surface area (TPSA) is 58.9 Å². The summed E-state index contributed by atoms with van der Waals surface area (Å²) in [7, 11) is 0. The lowest BCUT2D eigenvalue weighted by Crippen LogP contribution is -2.09. The zero-order valence-corrected chi connectivity index (χ0v) is 6.72. The monoisotopic (exact) mass is 190 g/mol. The molecule has 4 nitrogen and oxygen atoms in total. The molecule has 72 valence electrons. The van der Waals surface area contributed by atoms with E-state index >= 15 is 0 Å². The van der Waals surface area contributed by atoms with Gasteiger partial charge < -0.3 is 4.42 Å². The molecule has 1 heterocycles. The van der Waals surface area contributed by atoms with Gasteiger partial charge in [-0.1, -0.05) is 0 Å². The van der Waals surface area contributed by atoms with Gasteiger partial charge in [0.2, 0.25) is 11.8 Å². The summed E-state index contributed by atoms with van der Waals surface area (Å²) < 4.78 is 30.1. The number of nitrogens with zero attached hydrogens (tertiary/aromatic N) is 1. The van der Waals surface area contributed by atoms with Crippen LogP contribution in [0.3, 0.4) is 0 Å². The quantitative estimate of drug-likeness (QED) is 0.725. The Balaban J connectivity index is 2.17. The van der Waals surface area contributed by atoms with E-state index in [4.69, 9.17) is 0 Å². The first-order valence-electron chi connectivity index (χ1n) is 4.00. The molecule has 2 rings (SSSR count). The van der Waals surface area contributed by atoms with E-state index in [2.05, 4.69) is 14.6 Å². The zero-order valence-electron chi connectivity index (χ0n) is 6.72. The van der Waals surface area contributed by atoms with Crippen molar-refractivity contribution in [1.82, 2.24) is 10.2 Å². The van der Waals surface area contributed by atoms with Crippen LogP contribution in [0.25, 0.3) is 0 Å². The maximum atomic E-state index is 12.7. The smallest absolute Gasteiger partial charge is 0.392 e. The van der Waals surface area contributed by atoms with Crippen LogP contribution in [0.4, 0.5) is 8.78 Å². The predicted octanol–water partition coefficient (Wildman–Crippen LogP) is 1.27. The van der Waals surface area contributed by atoms with Crippen molar-refractivity contribution in [2.45, 2.75) is 31.1 Å². The van der Waals surface area contributed by atoms with Crippen LogP contribution in [-0.4, -0.2) is 16.1 Å². The van der Waals surface area contributed by atoms with Crippen LogP contribution < -0.4 is 5.76 Å². The summed E-state index contributed by atoms with van der Waals surface area (Å²) in [6.07, 6.45) is -0.115. The fraction of sp³-hybridized carbons (Fsp3) is 0.714. The number of rotatable bonds is 1. The van der Waals surface area contributed by atoms with E-state index in [1.165, 1.54) is 0 Å². The molecular formula is C7H8F2N2O2. The van der Waals surface area contributed by atoms with Gasteiger partial charge in [-0.3, -0.25) is 0 Å². The molecule has 6 heteroatoms. The van der Waals surface area contributed by atoms with Crippen molar-refractivity contribution in [3.05, 3.63) is 16.4 Å². The van der Waals surface area contributed by atoms with Gasteiger partial charge >= 0.3 is 5.76 Å². The lowest BCUT2D eigenvalue weighted by Gasteiger charge is -2.05. The van der Waals surface area contributed by atoms with Gasteiger partial charge in [0.1, 0.15) is 0 Å². The highest BCUT2D eigenvalue weighted by Gasteiger charge is 2.42. The minimum atomic E-state index is -2.64. The number of aromatic amines is 1. The molecule has 1 aromatic rings. The molecule has 1 unspecified atom stereocenters. The Hall–Kier alpha value is -1.20. The van der Waals surface area contributed by atoms with Gasteiger partial charge in [-0.15, -0.1) is 5.10 Å². The second kappa shape index (κ2) is 2.65. The Bertz CT molecular complexity index is 357. The van der Waals surface area contributed by atoms with Gasteiger partial charge in [0.05, 0.1) is 0 Å². The lowest BCUT2D eigenvalue weighted by molar-refractivity contribution is 0.00701. The third-order valence-electron chi connectivity index (χ3n) is 2.21. The summed E-state index contributed by atoms with van der Waals surface area (Å²) in [5, 5.41) is 5.58. The average Bonchev–Trinajstić information content (AvgIpc) is 2.56. The van der Waals surface area contributed by atoms with E-state index < -0.39 is 17.6 Å². The number of halogens is 2. The summed E-state index contributed by atoms with van der Waals surface area (Å²) in [5.74, 6) is -3.65. The van der Waals surface area contributed by atoms with Crippen molar-refractivity contribution < 1.29 is 13.2 Å². The first-order valence-corrected chi connectivity index (χ1v) is 4.00. The maximum Gasteiger partial charge on any atom is 0.434 e. The summed E-state index contributed by atoms with van der Waals surface area (Å²) in [6, 6.07) is 0. The molecule has 1 aromatic heterocycles. The van der Waals surface area contributed by atoms with E-state index in [1.54, 1.807) is 0 Å². The molecule has 0 amide bonds. The van der Waals surface area contributed by atoms with Crippen molar-refractivity contribution in [2.75, 3.05) is 0 Å². The van der Waals surface area contributed by atoms with Gasteiger partial charge in [-0.25, -0.2) is 18.7 Å². The third kappa shape index (κ3) is 1.61. The highest BCUT2D eigenvalue weighted by Crippen LogP contribution is 2.43. The Kier molecular flexibility index (Phi) is 1.71. The standard InChI is InChI=1S/C7H8F2N2O2/c8-7(9)2-1-4(3-7)5-10-11-6(12)13-5/h4H,1-3H2,(H,11,12). The normalized spacial score (nSPS) is 26.5. The van der Waals surface area contributed by atoms with Crippen molar-refractivity contribution in [1.29, 1.82) is 0 Å². The highest BCUT2D eigenvalue weighted by molar-refractivity contribution is 4.97. The zero-order chi connectivity index (χ0) is 9.47. The van der Waals surface area contributed by atoms with Crippen molar-refractivity contribution in [3.63, 3.8) is 0 Å². The molecule has 1 aliphatic carbocycles. The average molecular weight is 190 g/mol.